The van der Waals surface area contributed by atoms with Crippen molar-refractivity contribution < 1.29 is 14.6 Å². The van der Waals surface area contributed by atoms with E-state index in [4.69, 9.17) is 4.74 Å². The van der Waals surface area contributed by atoms with E-state index < -0.39 is 11.2 Å². The van der Waals surface area contributed by atoms with Crippen molar-refractivity contribution in [2.24, 2.45) is 0 Å². The lowest BCUT2D eigenvalue weighted by Gasteiger charge is -2.35. The fourth-order valence-electron chi connectivity index (χ4n) is 2.35. The molecular formula is C17H35N3O3. The van der Waals surface area contributed by atoms with Crippen LogP contribution in [0.5, 0.6) is 0 Å². The van der Waals surface area contributed by atoms with Gasteiger partial charge in [-0.15, -0.1) is 0 Å². The Morgan fingerprint density at radius 1 is 1.17 bits per heavy atom. The second-order valence-corrected chi connectivity index (χ2v) is 7.99. The number of piperazine rings is 1. The van der Waals surface area contributed by atoms with Gasteiger partial charge in [0.15, 0.2) is 0 Å². The first kappa shape index (κ1) is 20.2. The topological polar surface area (TPSA) is 65.0 Å². The molecule has 1 rings (SSSR count). The minimum Gasteiger partial charge on any atom is -0.444 e. The van der Waals surface area contributed by atoms with E-state index >= 15 is 0 Å². The molecular weight excluding hydrogens is 294 g/mol. The Bertz CT molecular complexity index is 366. The number of carbonyl (C=O) groups excluding carboxylic acids is 1. The molecule has 0 aromatic rings. The van der Waals surface area contributed by atoms with Crippen molar-refractivity contribution in [3.8, 4) is 0 Å². The highest BCUT2D eigenvalue weighted by Crippen LogP contribution is 2.12. The predicted molar refractivity (Wildman–Crippen MR) is 92.6 cm³/mol. The average molecular weight is 329 g/mol. The number of nitrogens with one attached hydrogen (secondary N) is 1. The van der Waals surface area contributed by atoms with Crippen molar-refractivity contribution in [3.05, 3.63) is 0 Å². The standard InChI is InChI=1S/C17H35N3O3/c1-14(17(5,6)22)18-8-7-9-19-10-12-20(13-11-19)15(21)23-16(2,3)4/h14,18,22H,7-13H2,1-6H3. The lowest BCUT2D eigenvalue weighted by Crippen LogP contribution is -2.50. The summed E-state index contributed by atoms with van der Waals surface area (Å²) < 4.78 is 5.40. The van der Waals surface area contributed by atoms with Crippen molar-refractivity contribution in [1.29, 1.82) is 0 Å². The number of hydrogen-bond acceptors (Lipinski definition) is 5. The summed E-state index contributed by atoms with van der Waals surface area (Å²) in [6.45, 7) is 16.4. The van der Waals surface area contributed by atoms with E-state index in [0.29, 0.717) is 0 Å². The summed E-state index contributed by atoms with van der Waals surface area (Å²) in [5.74, 6) is 0. The molecule has 6 nitrogen and oxygen atoms in total. The molecule has 0 aromatic carbocycles. The molecule has 0 aromatic heterocycles. The minimum atomic E-state index is -0.695. The number of nitrogens with zero attached hydrogens (tertiary/aromatic N) is 2. The van der Waals surface area contributed by atoms with Gasteiger partial charge in [0.05, 0.1) is 5.60 Å². The predicted octanol–water partition coefficient (Wildman–Crippen LogP) is 1.68. The van der Waals surface area contributed by atoms with Crippen LogP contribution in [-0.4, -0.2) is 77.5 Å². The average Bonchev–Trinajstić information content (AvgIpc) is 2.41. The maximum atomic E-state index is 12.0. The van der Waals surface area contributed by atoms with Gasteiger partial charge in [0.1, 0.15) is 5.60 Å². The highest BCUT2D eigenvalue weighted by Gasteiger charge is 2.25. The zero-order chi connectivity index (χ0) is 17.7. The van der Waals surface area contributed by atoms with Crippen LogP contribution in [0.25, 0.3) is 0 Å². The van der Waals surface area contributed by atoms with Crippen LogP contribution < -0.4 is 5.32 Å². The van der Waals surface area contributed by atoms with E-state index in [0.717, 1.165) is 45.7 Å². The fourth-order valence-corrected chi connectivity index (χ4v) is 2.35. The molecule has 23 heavy (non-hydrogen) atoms. The lowest BCUT2D eigenvalue weighted by molar-refractivity contribution is 0.0143. The van der Waals surface area contributed by atoms with Crippen molar-refractivity contribution in [1.82, 2.24) is 15.1 Å². The largest absolute Gasteiger partial charge is 0.444 e. The Hall–Kier alpha value is -0.850. The number of hydrogen-bond donors (Lipinski definition) is 2. The first-order chi connectivity index (χ1) is 10.5. The van der Waals surface area contributed by atoms with Gasteiger partial charge in [0.2, 0.25) is 0 Å². The molecule has 1 aliphatic rings. The molecule has 136 valence electrons. The summed E-state index contributed by atoms with van der Waals surface area (Å²) in [6.07, 6.45) is 0.824. The van der Waals surface area contributed by atoms with E-state index in [2.05, 4.69) is 10.2 Å². The Morgan fingerprint density at radius 3 is 2.22 bits per heavy atom. The summed E-state index contributed by atoms with van der Waals surface area (Å²) in [6, 6.07) is 0.0755. The molecule has 1 fully saturated rings. The van der Waals surface area contributed by atoms with E-state index in [1.54, 1.807) is 4.90 Å². The number of rotatable bonds is 6. The van der Waals surface area contributed by atoms with Gasteiger partial charge >= 0.3 is 6.09 Å². The van der Waals surface area contributed by atoms with Gasteiger partial charge < -0.3 is 20.1 Å². The van der Waals surface area contributed by atoms with Crippen molar-refractivity contribution in [3.63, 3.8) is 0 Å². The molecule has 0 radical (unpaired) electrons. The molecule has 1 atom stereocenters. The molecule has 0 aliphatic carbocycles. The number of aliphatic hydroxyl groups is 1. The Kier molecular flexibility index (Phi) is 7.29. The second kappa shape index (κ2) is 8.31. The molecule has 6 heteroatoms. The van der Waals surface area contributed by atoms with E-state index in [-0.39, 0.29) is 12.1 Å². The van der Waals surface area contributed by atoms with E-state index in [1.807, 2.05) is 41.5 Å². The molecule has 1 saturated heterocycles. The maximum Gasteiger partial charge on any atom is 0.410 e. The molecule has 1 heterocycles. The Morgan fingerprint density at radius 2 is 1.74 bits per heavy atom. The smallest absolute Gasteiger partial charge is 0.410 e. The van der Waals surface area contributed by atoms with Crippen LogP contribution in [0.4, 0.5) is 4.79 Å². The normalized spacial score (nSPS) is 18.8. The van der Waals surface area contributed by atoms with Gasteiger partial charge in [-0.25, -0.2) is 4.79 Å². The summed E-state index contributed by atoms with van der Waals surface area (Å²) in [5.41, 5.74) is -1.13. The molecule has 2 N–H and O–H groups in total. The van der Waals surface area contributed by atoms with Crippen LogP contribution in [0.1, 0.15) is 48.0 Å². The van der Waals surface area contributed by atoms with Gasteiger partial charge in [-0.2, -0.15) is 0 Å². The Balaban J connectivity index is 2.18. The van der Waals surface area contributed by atoms with Crippen LogP contribution in [0, 0.1) is 0 Å². The van der Waals surface area contributed by atoms with Crippen LogP contribution in [0.15, 0.2) is 0 Å². The molecule has 0 bridgehead atoms. The highest BCUT2D eigenvalue weighted by atomic mass is 16.6. The van der Waals surface area contributed by atoms with Crippen molar-refractivity contribution >= 4 is 6.09 Å². The first-order valence-electron chi connectivity index (χ1n) is 8.65. The van der Waals surface area contributed by atoms with Crippen molar-refractivity contribution in [2.75, 3.05) is 39.3 Å². The van der Waals surface area contributed by atoms with E-state index in [1.165, 1.54) is 0 Å². The summed E-state index contributed by atoms with van der Waals surface area (Å²) in [4.78, 5) is 16.2. The summed E-state index contributed by atoms with van der Waals surface area (Å²) in [5, 5.41) is 13.2. The zero-order valence-electron chi connectivity index (χ0n) is 15.7. The monoisotopic (exact) mass is 329 g/mol. The SMILES string of the molecule is CC(NCCCN1CCN(C(=O)OC(C)(C)C)CC1)C(C)(C)O. The molecule has 0 saturated carbocycles. The third-order valence-electron chi connectivity index (χ3n) is 4.19. The van der Waals surface area contributed by atoms with E-state index in [9.17, 15) is 9.90 Å². The first-order valence-corrected chi connectivity index (χ1v) is 8.65. The highest BCUT2D eigenvalue weighted by molar-refractivity contribution is 5.68. The summed E-state index contributed by atoms with van der Waals surface area (Å²) in [7, 11) is 0. The van der Waals surface area contributed by atoms with Crippen LogP contribution in [0.3, 0.4) is 0 Å². The molecule has 1 unspecified atom stereocenters. The van der Waals surface area contributed by atoms with Crippen LogP contribution in [-0.2, 0) is 4.74 Å². The number of ether oxygens (including phenoxy) is 1. The number of carbonyl (C=O) groups is 1. The zero-order valence-corrected chi connectivity index (χ0v) is 15.7. The fraction of sp³-hybridized carbons (Fsp3) is 0.941. The molecule has 0 spiro atoms. The number of amides is 1. The third kappa shape index (κ3) is 7.99. The minimum absolute atomic E-state index is 0.0755. The Labute approximate surface area is 141 Å². The van der Waals surface area contributed by atoms with Gasteiger partial charge in [-0.3, -0.25) is 4.90 Å². The maximum absolute atomic E-state index is 12.0. The quantitative estimate of drug-likeness (QED) is 0.726. The van der Waals surface area contributed by atoms with Gasteiger partial charge in [0.25, 0.3) is 0 Å². The van der Waals surface area contributed by atoms with Gasteiger partial charge in [-0.05, 0) is 61.1 Å². The molecule has 1 amide bonds. The molecule has 1 aliphatic heterocycles. The van der Waals surface area contributed by atoms with Crippen LogP contribution >= 0.6 is 0 Å². The van der Waals surface area contributed by atoms with Gasteiger partial charge in [-0.1, -0.05) is 0 Å². The van der Waals surface area contributed by atoms with Crippen molar-refractivity contribution in [2.45, 2.75) is 65.2 Å². The lowest BCUT2D eigenvalue weighted by atomic mass is 10.0. The van der Waals surface area contributed by atoms with Gasteiger partial charge in [0, 0.05) is 32.2 Å². The second-order valence-electron chi connectivity index (χ2n) is 7.99. The van der Waals surface area contributed by atoms with Crippen LogP contribution in [0.2, 0.25) is 0 Å². The third-order valence-corrected chi connectivity index (χ3v) is 4.19. The summed E-state index contributed by atoms with van der Waals surface area (Å²) >= 11 is 0.